The lowest BCUT2D eigenvalue weighted by atomic mass is 10.1. The molecule has 0 radical (unpaired) electrons. The van der Waals surface area contributed by atoms with Crippen LogP contribution in [0.1, 0.15) is 22.5 Å². The molecule has 2 nitrogen and oxygen atoms in total. The zero-order valence-electron chi connectivity index (χ0n) is 10.6. The Labute approximate surface area is 116 Å². The second-order valence-electron chi connectivity index (χ2n) is 4.26. The van der Waals surface area contributed by atoms with Gasteiger partial charge in [0.1, 0.15) is 12.4 Å². The third-order valence-electron chi connectivity index (χ3n) is 2.75. The zero-order chi connectivity index (χ0) is 13.0. The van der Waals surface area contributed by atoms with Gasteiger partial charge in [0.05, 0.1) is 5.69 Å². The lowest BCUT2D eigenvalue weighted by Crippen LogP contribution is -2.02. The molecule has 1 aromatic carbocycles. The molecule has 0 atom stereocenters. The van der Waals surface area contributed by atoms with Crippen molar-refractivity contribution in [1.82, 2.24) is 4.98 Å². The monoisotopic (exact) mass is 305 g/mol. The fourth-order valence-corrected chi connectivity index (χ4v) is 2.29. The van der Waals surface area contributed by atoms with Gasteiger partial charge < -0.3 is 4.74 Å². The number of hydrogen-bond donors (Lipinski definition) is 0. The highest BCUT2D eigenvalue weighted by atomic mass is 79.9. The molecule has 1 heterocycles. The Morgan fingerprint density at radius 1 is 1.11 bits per heavy atom. The van der Waals surface area contributed by atoms with Crippen LogP contribution in [-0.4, -0.2) is 4.98 Å². The fourth-order valence-electron chi connectivity index (χ4n) is 1.85. The molecule has 0 amide bonds. The van der Waals surface area contributed by atoms with Gasteiger partial charge in [-0.15, -0.1) is 0 Å². The molecule has 3 heteroatoms. The highest BCUT2D eigenvalue weighted by Crippen LogP contribution is 2.26. The van der Waals surface area contributed by atoms with Crippen LogP contribution in [0.15, 0.2) is 36.4 Å². The molecule has 94 valence electrons. The first-order valence-electron chi connectivity index (χ1n) is 5.90. The predicted molar refractivity (Wildman–Crippen MR) is 77.1 cm³/mol. The van der Waals surface area contributed by atoms with E-state index in [0.717, 1.165) is 28.0 Å². The highest BCUT2D eigenvalue weighted by Gasteiger charge is 2.06. The maximum Gasteiger partial charge on any atom is 0.130 e. The van der Waals surface area contributed by atoms with E-state index in [2.05, 4.69) is 40.0 Å². The minimum atomic E-state index is 0.506. The van der Waals surface area contributed by atoms with Gasteiger partial charge in [-0.1, -0.05) is 40.2 Å². The SMILES string of the molecule is Cc1cccc(COc2c(C)cccc2CBr)n1. The van der Waals surface area contributed by atoms with E-state index in [1.54, 1.807) is 0 Å². The smallest absolute Gasteiger partial charge is 0.130 e. The van der Waals surface area contributed by atoms with E-state index in [9.17, 15) is 0 Å². The molecule has 1 aromatic heterocycles. The second kappa shape index (κ2) is 6.01. The van der Waals surface area contributed by atoms with Crippen molar-refractivity contribution in [3.05, 3.63) is 58.9 Å². The molecule has 2 aromatic rings. The van der Waals surface area contributed by atoms with Gasteiger partial charge in [0.2, 0.25) is 0 Å². The van der Waals surface area contributed by atoms with E-state index in [-0.39, 0.29) is 0 Å². The van der Waals surface area contributed by atoms with E-state index in [1.165, 1.54) is 5.56 Å². The molecular formula is C15H16BrNO. The van der Waals surface area contributed by atoms with Crippen LogP contribution in [0.25, 0.3) is 0 Å². The normalized spacial score (nSPS) is 10.4. The first-order valence-corrected chi connectivity index (χ1v) is 7.02. The number of rotatable bonds is 4. The molecule has 18 heavy (non-hydrogen) atoms. The van der Waals surface area contributed by atoms with Crippen molar-refractivity contribution in [1.29, 1.82) is 0 Å². The van der Waals surface area contributed by atoms with Gasteiger partial charge in [-0.2, -0.15) is 0 Å². The van der Waals surface area contributed by atoms with E-state index in [4.69, 9.17) is 4.74 Å². The topological polar surface area (TPSA) is 22.1 Å². The number of hydrogen-bond acceptors (Lipinski definition) is 2. The minimum Gasteiger partial charge on any atom is -0.487 e. The van der Waals surface area contributed by atoms with Crippen LogP contribution in [0.2, 0.25) is 0 Å². The van der Waals surface area contributed by atoms with E-state index < -0.39 is 0 Å². The number of nitrogens with zero attached hydrogens (tertiary/aromatic N) is 1. The molecule has 0 aliphatic heterocycles. The van der Waals surface area contributed by atoms with Gasteiger partial charge in [-0.05, 0) is 31.5 Å². The molecular weight excluding hydrogens is 290 g/mol. The summed E-state index contributed by atoms with van der Waals surface area (Å²) in [6.45, 7) is 4.55. The van der Waals surface area contributed by atoms with Gasteiger partial charge in [-0.25, -0.2) is 0 Å². The van der Waals surface area contributed by atoms with Crippen LogP contribution in [0, 0.1) is 13.8 Å². The number of aryl methyl sites for hydroxylation is 2. The summed E-state index contributed by atoms with van der Waals surface area (Å²) in [5.41, 5.74) is 4.29. The van der Waals surface area contributed by atoms with Crippen molar-refractivity contribution in [3.63, 3.8) is 0 Å². The first-order chi connectivity index (χ1) is 8.70. The molecule has 0 aliphatic carbocycles. The molecule has 0 N–H and O–H groups in total. The molecule has 0 spiro atoms. The van der Waals surface area contributed by atoms with Gasteiger partial charge in [0.25, 0.3) is 0 Å². The Balaban J connectivity index is 2.15. The van der Waals surface area contributed by atoms with Crippen LogP contribution in [-0.2, 0) is 11.9 Å². The van der Waals surface area contributed by atoms with Crippen LogP contribution in [0.5, 0.6) is 5.75 Å². The Kier molecular flexibility index (Phi) is 4.37. The number of aromatic nitrogens is 1. The molecule has 0 bridgehead atoms. The summed E-state index contributed by atoms with van der Waals surface area (Å²) in [5.74, 6) is 0.956. The van der Waals surface area contributed by atoms with Gasteiger partial charge >= 0.3 is 0 Å². The lowest BCUT2D eigenvalue weighted by molar-refractivity contribution is 0.297. The standard InChI is InChI=1S/C15H16BrNO/c1-11-5-3-7-13(9-16)15(11)18-10-14-8-4-6-12(2)17-14/h3-8H,9-10H2,1-2H3. The highest BCUT2D eigenvalue weighted by molar-refractivity contribution is 9.08. The molecule has 0 unspecified atom stereocenters. The Hall–Kier alpha value is -1.35. The van der Waals surface area contributed by atoms with Crippen molar-refractivity contribution >= 4 is 15.9 Å². The number of para-hydroxylation sites is 1. The maximum atomic E-state index is 5.91. The number of halogens is 1. The zero-order valence-corrected chi connectivity index (χ0v) is 12.2. The van der Waals surface area contributed by atoms with Crippen molar-refractivity contribution in [2.45, 2.75) is 25.8 Å². The summed E-state index contributed by atoms with van der Waals surface area (Å²) in [5, 5.41) is 0.797. The minimum absolute atomic E-state index is 0.506. The van der Waals surface area contributed by atoms with Crippen LogP contribution in [0.3, 0.4) is 0 Å². The van der Waals surface area contributed by atoms with E-state index in [0.29, 0.717) is 6.61 Å². The van der Waals surface area contributed by atoms with Crippen molar-refractivity contribution < 1.29 is 4.74 Å². The summed E-state index contributed by atoms with van der Waals surface area (Å²) in [4.78, 5) is 4.44. The Bertz CT molecular complexity index is 540. The van der Waals surface area contributed by atoms with Crippen LogP contribution in [0.4, 0.5) is 0 Å². The average Bonchev–Trinajstić information content (AvgIpc) is 2.37. The van der Waals surface area contributed by atoms with Crippen molar-refractivity contribution in [2.24, 2.45) is 0 Å². The lowest BCUT2D eigenvalue weighted by Gasteiger charge is -2.12. The van der Waals surface area contributed by atoms with E-state index >= 15 is 0 Å². The Morgan fingerprint density at radius 3 is 2.61 bits per heavy atom. The quantitative estimate of drug-likeness (QED) is 0.791. The average molecular weight is 306 g/mol. The summed E-state index contributed by atoms with van der Waals surface area (Å²) in [6, 6.07) is 12.2. The second-order valence-corrected chi connectivity index (χ2v) is 4.82. The molecule has 0 fully saturated rings. The van der Waals surface area contributed by atoms with Crippen LogP contribution < -0.4 is 4.74 Å². The summed E-state index contributed by atoms with van der Waals surface area (Å²) >= 11 is 3.48. The summed E-state index contributed by atoms with van der Waals surface area (Å²) < 4.78 is 5.91. The largest absolute Gasteiger partial charge is 0.487 e. The maximum absolute atomic E-state index is 5.91. The fraction of sp³-hybridized carbons (Fsp3) is 0.267. The molecule has 0 saturated heterocycles. The third kappa shape index (κ3) is 3.10. The number of pyridine rings is 1. The summed E-state index contributed by atoms with van der Waals surface area (Å²) in [7, 11) is 0. The van der Waals surface area contributed by atoms with Crippen LogP contribution >= 0.6 is 15.9 Å². The number of benzene rings is 1. The summed E-state index contributed by atoms with van der Waals surface area (Å²) in [6.07, 6.45) is 0. The van der Waals surface area contributed by atoms with E-state index in [1.807, 2.05) is 31.2 Å². The molecule has 0 saturated carbocycles. The van der Waals surface area contributed by atoms with Gasteiger partial charge in [0.15, 0.2) is 0 Å². The predicted octanol–water partition coefficient (Wildman–Crippen LogP) is 4.17. The Morgan fingerprint density at radius 2 is 1.89 bits per heavy atom. The van der Waals surface area contributed by atoms with Gasteiger partial charge in [-0.3, -0.25) is 4.98 Å². The molecule has 0 aliphatic rings. The number of ether oxygens (including phenoxy) is 1. The van der Waals surface area contributed by atoms with Gasteiger partial charge in [0, 0.05) is 16.6 Å². The third-order valence-corrected chi connectivity index (χ3v) is 3.35. The first kappa shape index (κ1) is 13.1. The number of alkyl halides is 1. The van der Waals surface area contributed by atoms with Crippen molar-refractivity contribution in [3.8, 4) is 5.75 Å². The molecule has 2 rings (SSSR count). The van der Waals surface area contributed by atoms with Crippen molar-refractivity contribution in [2.75, 3.05) is 0 Å².